The fraction of sp³-hybridized carbons (Fsp3) is 0.727. The van der Waals surface area contributed by atoms with Gasteiger partial charge in [-0.2, -0.15) is 5.10 Å². The molecule has 1 atom stereocenters. The van der Waals surface area contributed by atoms with E-state index in [9.17, 15) is 0 Å². The van der Waals surface area contributed by atoms with Crippen LogP contribution in [0.15, 0.2) is 12.4 Å². The van der Waals surface area contributed by atoms with E-state index in [1.165, 1.54) is 24.9 Å². The van der Waals surface area contributed by atoms with E-state index in [-0.39, 0.29) is 0 Å². The fourth-order valence-electron chi connectivity index (χ4n) is 2.05. The lowest BCUT2D eigenvalue weighted by Crippen LogP contribution is -2.43. The lowest BCUT2D eigenvalue weighted by Gasteiger charge is -2.23. The molecule has 15 heavy (non-hydrogen) atoms. The van der Waals surface area contributed by atoms with Gasteiger partial charge in [0.05, 0.1) is 6.20 Å². The zero-order valence-corrected chi connectivity index (χ0v) is 9.37. The number of hydrogen-bond donors (Lipinski definition) is 2. The maximum absolute atomic E-state index is 4.16. The maximum atomic E-state index is 4.16. The third-order valence-electron chi connectivity index (χ3n) is 2.90. The van der Waals surface area contributed by atoms with Crippen molar-refractivity contribution in [3.05, 3.63) is 18.0 Å². The zero-order chi connectivity index (χ0) is 10.5. The van der Waals surface area contributed by atoms with Crippen LogP contribution in [0.2, 0.25) is 0 Å². The Balaban J connectivity index is 1.65. The number of nitrogens with zero attached hydrogens (tertiary/aromatic N) is 2. The van der Waals surface area contributed by atoms with Crippen molar-refractivity contribution in [2.45, 2.75) is 25.3 Å². The Bertz CT molecular complexity index is 289. The molecule has 2 rings (SSSR count). The van der Waals surface area contributed by atoms with Crippen LogP contribution < -0.4 is 10.6 Å². The molecule has 0 radical (unpaired) electrons. The molecule has 0 aliphatic carbocycles. The summed E-state index contributed by atoms with van der Waals surface area (Å²) >= 11 is 0. The second-order valence-electron chi connectivity index (χ2n) is 4.27. The molecule has 0 bridgehead atoms. The Morgan fingerprint density at radius 2 is 2.60 bits per heavy atom. The lowest BCUT2D eigenvalue weighted by atomic mass is 10.1. The van der Waals surface area contributed by atoms with Crippen LogP contribution in [-0.2, 0) is 13.5 Å². The minimum absolute atomic E-state index is 0.662. The topological polar surface area (TPSA) is 41.9 Å². The zero-order valence-electron chi connectivity index (χ0n) is 9.37. The molecule has 2 N–H and O–H groups in total. The van der Waals surface area contributed by atoms with Crippen LogP contribution >= 0.6 is 0 Å². The van der Waals surface area contributed by atoms with Gasteiger partial charge in [-0.3, -0.25) is 4.68 Å². The maximum Gasteiger partial charge on any atom is 0.0522 e. The summed E-state index contributed by atoms with van der Waals surface area (Å²) in [5.41, 5.74) is 1.31. The summed E-state index contributed by atoms with van der Waals surface area (Å²) < 4.78 is 1.86. The molecule has 1 saturated heterocycles. The average molecular weight is 208 g/mol. The Morgan fingerprint density at radius 3 is 3.27 bits per heavy atom. The first-order valence-electron chi connectivity index (χ1n) is 5.76. The molecule has 1 aliphatic heterocycles. The number of hydrogen-bond acceptors (Lipinski definition) is 3. The van der Waals surface area contributed by atoms with Crippen molar-refractivity contribution < 1.29 is 0 Å². The van der Waals surface area contributed by atoms with E-state index in [2.05, 4.69) is 21.9 Å². The van der Waals surface area contributed by atoms with Crippen LogP contribution in [-0.4, -0.2) is 35.5 Å². The molecule has 0 aromatic carbocycles. The van der Waals surface area contributed by atoms with Crippen LogP contribution in [0.1, 0.15) is 18.4 Å². The summed E-state index contributed by atoms with van der Waals surface area (Å²) in [7, 11) is 1.96. The van der Waals surface area contributed by atoms with Gasteiger partial charge in [0, 0.05) is 25.8 Å². The van der Waals surface area contributed by atoms with E-state index in [0.29, 0.717) is 6.04 Å². The third kappa shape index (κ3) is 3.32. The Hall–Kier alpha value is -0.870. The first-order valence-corrected chi connectivity index (χ1v) is 5.76. The second kappa shape index (κ2) is 5.28. The van der Waals surface area contributed by atoms with Crippen molar-refractivity contribution in [2.75, 3.05) is 19.6 Å². The molecule has 0 amide bonds. The highest BCUT2D eigenvalue weighted by Gasteiger charge is 2.11. The highest BCUT2D eigenvalue weighted by atomic mass is 15.2. The van der Waals surface area contributed by atoms with Gasteiger partial charge in [0.15, 0.2) is 0 Å². The lowest BCUT2D eigenvalue weighted by molar-refractivity contribution is 0.392. The van der Waals surface area contributed by atoms with E-state index < -0.39 is 0 Å². The van der Waals surface area contributed by atoms with Crippen molar-refractivity contribution in [3.63, 3.8) is 0 Å². The number of aromatic nitrogens is 2. The van der Waals surface area contributed by atoms with Gasteiger partial charge >= 0.3 is 0 Å². The van der Waals surface area contributed by atoms with Crippen LogP contribution in [0, 0.1) is 0 Å². The summed E-state index contributed by atoms with van der Waals surface area (Å²) in [5, 5.41) is 11.1. The number of nitrogens with one attached hydrogen (secondary N) is 2. The van der Waals surface area contributed by atoms with Gasteiger partial charge in [-0.1, -0.05) is 0 Å². The predicted molar refractivity (Wildman–Crippen MR) is 60.8 cm³/mol. The van der Waals surface area contributed by atoms with Crippen molar-refractivity contribution >= 4 is 0 Å². The highest BCUT2D eigenvalue weighted by Crippen LogP contribution is 2.02. The van der Waals surface area contributed by atoms with Crippen molar-refractivity contribution in [1.82, 2.24) is 20.4 Å². The molecule has 4 nitrogen and oxygen atoms in total. The van der Waals surface area contributed by atoms with Crippen LogP contribution in [0.5, 0.6) is 0 Å². The molecule has 1 aliphatic rings. The van der Waals surface area contributed by atoms with Gasteiger partial charge in [0.1, 0.15) is 0 Å². The fourth-order valence-corrected chi connectivity index (χ4v) is 2.05. The van der Waals surface area contributed by atoms with E-state index in [4.69, 9.17) is 0 Å². The molecule has 1 aromatic rings. The molecular formula is C11H20N4. The standard InChI is InChI=1S/C11H20N4/c1-15-9-10(7-14-15)4-6-13-11-3-2-5-12-8-11/h7,9,11-13H,2-6,8H2,1H3. The summed E-state index contributed by atoms with van der Waals surface area (Å²) in [5.74, 6) is 0. The molecule has 1 unspecified atom stereocenters. The van der Waals surface area contributed by atoms with Crippen molar-refractivity contribution in [2.24, 2.45) is 7.05 Å². The molecule has 84 valence electrons. The van der Waals surface area contributed by atoms with Crippen molar-refractivity contribution in [1.29, 1.82) is 0 Å². The quantitative estimate of drug-likeness (QED) is 0.748. The average Bonchev–Trinajstić information content (AvgIpc) is 2.66. The molecule has 4 heteroatoms. The van der Waals surface area contributed by atoms with E-state index in [0.717, 1.165) is 19.5 Å². The van der Waals surface area contributed by atoms with E-state index >= 15 is 0 Å². The number of piperidine rings is 1. The molecule has 2 heterocycles. The molecule has 1 aromatic heterocycles. The molecular weight excluding hydrogens is 188 g/mol. The number of aryl methyl sites for hydroxylation is 1. The largest absolute Gasteiger partial charge is 0.315 e. The summed E-state index contributed by atoms with van der Waals surface area (Å²) in [6.45, 7) is 3.35. The minimum atomic E-state index is 0.662. The second-order valence-corrected chi connectivity index (χ2v) is 4.27. The summed E-state index contributed by atoms with van der Waals surface area (Å²) in [6.07, 6.45) is 7.70. The van der Waals surface area contributed by atoms with Gasteiger partial charge in [0.2, 0.25) is 0 Å². The van der Waals surface area contributed by atoms with Crippen molar-refractivity contribution in [3.8, 4) is 0 Å². The predicted octanol–water partition coefficient (Wildman–Crippen LogP) is 0.304. The summed E-state index contributed by atoms with van der Waals surface area (Å²) in [4.78, 5) is 0. The normalized spacial score (nSPS) is 21.8. The molecule has 1 fully saturated rings. The van der Waals surface area contributed by atoms with Gasteiger partial charge in [-0.25, -0.2) is 0 Å². The smallest absolute Gasteiger partial charge is 0.0522 e. The number of rotatable bonds is 4. The SMILES string of the molecule is Cn1cc(CCNC2CCCNC2)cn1. The Morgan fingerprint density at radius 1 is 1.67 bits per heavy atom. The highest BCUT2D eigenvalue weighted by molar-refractivity contribution is 5.03. The van der Waals surface area contributed by atoms with Gasteiger partial charge in [-0.05, 0) is 37.9 Å². The monoisotopic (exact) mass is 208 g/mol. The van der Waals surface area contributed by atoms with Crippen LogP contribution in [0.4, 0.5) is 0 Å². The van der Waals surface area contributed by atoms with Gasteiger partial charge in [0.25, 0.3) is 0 Å². The van der Waals surface area contributed by atoms with E-state index in [1.54, 1.807) is 0 Å². The van der Waals surface area contributed by atoms with Gasteiger partial charge in [-0.15, -0.1) is 0 Å². The Labute approximate surface area is 91.1 Å². The summed E-state index contributed by atoms with van der Waals surface area (Å²) in [6, 6.07) is 0.662. The first kappa shape index (κ1) is 10.6. The van der Waals surface area contributed by atoms with Gasteiger partial charge < -0.3 is 10.6 Å². The molecule has 0 spiro atoms. The van der Waals surface area contributed by atoms with Crippen LogP contribution in [0.25, 0.3) is 0 Å². The molecule has 0 saturated carbocycles. The third-order valence-corrected chi connectivity index (χ3v) is 2.90. The minimum Gasteiger partial charge on any atom is -0.315 e. The van der Waals surface area contributed by atoms with E-state index in [1.807, 2.05) is 17.9 Å². The van der Waals surface area contributed by atoms with Crippen LogP contribution in [0.3, 0.4) is 0 Å². The Kier molecular flexibility index (Phi) is 3.75. The first-order chi connectivity index (χ1) is 7.34.